The molecule has 1 saturated heterocycles. The van der Waals surface area contributed by atoms with Gasteiger partial charge in [-0.1, -0.05) is 85.5 Å². The van der Waals surface area contributed by atoms with E-state index < -0.39 is 175 Å². The number of nitrogens with zero attached hydrogens (tertiary/aromatic N) is 7. The number of nitrogens with one attached hydrogen (secondary N) is 4. The molecule has 1 heterocycles. The molecular formula is C65H97ClF5N11O11. The SMILES string of the molecule is CC[C@H](C)[C@@H]1NC(=O)[C@H](CC(C)C)N(C)C(=O)C[C@@H](C)N(C)C(=O)[C@H](CC(C)C)NC(=O)C(C)(C)N(C)C(=O)[C@H](CC(C)C)NC(=O)[C@H](CCc2cc(F)c(C(F)(F)F)c(F)c2)NC(=O)CN(C)C(=O)[C@H](Cc2ccc(Cl)cc2)N(C)C(=O)CN(C)C(=O)CN(C)C1=O. The Kier molecular flexibility index (Phi) is 29.7. The number of rotatable bonds is 13. The zero-order valence-corrected chi connectivity index (χ0v) is 57.7. The Morgan fingerprint density at radius 3 is 1.59 bits per heavy atom. The van der Waals surface area contributed by atoms with E-state index in [9.17, 15) is 74.7 Å². The number of amides is 11. The number of carbonyl (C=O) groups excluding carboxylic acids is 11. The summed E-state index contributed by atoms with van der Waals surface area (Å²) in [5, 5.41) is 11.1. The normalized spacial score (nSPS) is 23.4. The van der Waals surface area contributed by atoms with Gasteiger partial charge < -0.3 is 55.6 Å². The largest absolute Gasteiger partial charge is 0.422 e. The van der Waals surface area contributed by atoms with Gasteiger partial charge in [0, 0.05) is 73.2 Å². The molecule has 0 aliphatic carbocycles. The number of halogens is 6. The maximum absolute atomic E-state index is 14.9. The zero-order valence-electron chi connectivity index (χ0n) is 57.0. The smallest absolute Gasteiger partial charge is 0.343 e. The van der Waals surface area contributed by atoms with Crippen LogP contribution in [0, 0.1) is 35.3 Å². The highest BCUT2D eigenvalue weighted by Gasteiger charge is 2.43. The molecule has 11 amide bonds. The van der Waals surface area contributed by atoms with Gasteiger partial charge >= 0.3 is 6.18 Å². The highest BCUT2D eigenvalue weighted by atomic mass is 35.5. The minimum atomic E-state index is -5.40. The maximum Gasteiger partial charge on any atom is 0.422 e. The van der Waals surface area contributed by atoms with Gasteiger partial charge in [-0.2, -0.15) is 13.2 Å². The molecule has 1 aliphatic rings. The van der Waals surface area contributed by atoms with Gasteiger partial charge in [0.15, 0.2) is 0 Å². The average molecular weight is 1340 g/mol. The predicted molar refractivity (Wildman–Crippen MR) is 340 cm³/mol. The molecule has 0 radical (unpaired) electrons. The van der Waals surface area contributed by atoms with Crippen LogP contribution in [0.2, 0.25) is 5.02 Å². The fourth-order valence-corrected chi connectivity index (χ4v) is 10.6. The molecule has 0 unspecified atom stereocenters. The Bertz CT molecular complexity index is 2980. The molecule has 0 spiro atoms. The van der Waals surface area contributed by atoms with Gasteiger partial charge in [-0.15, -0.1) is 0 Å². The average Bonchev–Trinajstić information content (AvgIpc) is 1.85. The number of likely N-dealkylation sites (N-methyl/N-ethyl adjacent to an activating group) is 7. The third-order valence-electron chi connectivity index (χ3n) is 17.0. The molecule has 8 atom stereocenters. The van der Waals surface area contributed by atoms with E-state index in [1.807, 2.05) is 27.7 Å². The first kappa shape index (κ1) is 79.8. The standard InChI is InChI=1S/C65H97ClF5N11O11/c1-19-39(8)56-62(92)78(14)34-53(85)76(12)35-54(86)81(17)50(32-41-20-23-43(66)24-21-41)61(91)77(13)33-51(83)72-46(25-22-42-30-44(67)55(45(68)31-42)65(69,70)71)57(87)73-48(27-37(4)5)60(90)82(18)64(10,11)63(93)74-47(26-36(2)3)59(89)79(15)40(9)29-52(84)80(16)49(28-38(6)7)58(88)75-56/h20-21,23-24,30-31,36-40,46-50,56H,19,22,25-29,32-35H2,1-18H3,(H,72,83)(H,73,87)(H,74,93)(H,75,88)/t39-,40+,46-,47-,48-,49-,50-,56-/m0/s1. The van der Waals surface area contributed by atoms with Crippen molar-refractivity contribution < 1.29 is 74.7 Å². The fourth-order valence-electron chi connectivity index (χ4n) is 10.5. The van der Waals surface area contributed by atoms with E-state index >= 15 is 0 Å². The van der Waals surface area contributed by atoms with Crippen LogP contribution in [0.5, 0.6) is 0 Å². The van der Waals surface area contributed by atoms with Crippen LogP contribution in [-0.4, -0.2) is 216 Å². The van der Waals surface area contributed by atoms with Crippen molar-refractivity contribution in [2.75, 3.05) is 69.0 Å². The van der Waals surface area contributed by atoms with Gasteiger partial charge in [0.25, 0.3) is 0 Å². The lowest BCUT2D eigenvalue weighted by atomic mass is 9.95. The van der Waals surface area contributed by atoms with Crippen molar-refractivity contribution in [3.63, 3.8) is 0 Å². The second kappa shape index (κ2) is 34.6. The van der Waals surface area contributed by atoms with Crippen molar-refractivity contribution in [2.45, 2.75) is 182 Å². The fraction of sp³-hybridized carbons (Fsp3) is 0.646. The summed E-state index contributed by atoms with van der Waals surface area (Å²) >= 11 is 6.18. The lowest BCUT2D eigenvalue weighted by Crippen LogP contribution is -2.63. The van der Waals surface area contributed by atoms with Crippen LogP contribution in [-0.2, 0) is 71.8 Å². The summed E-state index contributed by atoms with van der Waals surface area (Å²) in [6, 6.07) is -1.74. The summed E-state index contributed by atoms with van der Waals surface area (Å²) < 4.78 is 70.7. The molecule has 22 nitrogen and oxygen atoms in total. The molecule has 93 heavy (non-hydrogen) atoms. The first-order valence-corrected chi connectivity index (χ1v) is 31.6. The quantitative estimate of drug-likeness (QED) is 0.183. The lowest BCUT2D eigenvalue weighted by Gasteiger charge is -2.39. The van der Waals surface area contributed by atoms with Crippen LogP contribution < -0.4 is 21.3 Å². The summed E-state index contributed by atoms with van der Waals surface area (Å²) in [4.78, 5) is 166. The third kappa shape index (κ3) is 22.6. The van der Waals surface area contributed by atoms with Crippen molar-refractivity contribution in [3.05, 3.63) is 69.7 Å². The molecule has 3 rings (SSSR count). The maximum atomic E-state index is 14.9. The summed E-state index contributed by atoms with van der Waals surface area (Å²) in [6.07, 6.45) is -6.33. The van der Waals surface area contributed by atoms with E-state index in [-0.39, 0.29) is 55.4 Å². The summed E-state index contributed by atoms with van der Waals surface area (Å²) in [6.45, 7) is 16.8. The molecule has 2 aromatic carbocycles. The van der Waals surface area contributed by atoms with Crippen molar-refractivity contribution in [1.29, 1.82) is 0 Å². The topological polar surface area (TPSA) is 259 Å². The Morgan fingerprint density at radius 1 is 0.570 bits per heavy atom. The molecule has 520 valence electrons. The third-order valence-corrected chi connectivity index (χ3v) is 17.3. The Balaban J connectivity index is 2.26. The molecule has 28 heteroatoms. The van der Waals surface area contributed by atoms with E-state index in [2.05, 4.69) is 21.3 Å². The molecule has 1 fully saturated rings. The molecule has 0 saturated carbocycles. The minimum Gasteiger partial charge on any atom is -0.343 e. The van der Waals surface area contributed by atoms with Crippen molar-refractivity contribution in [1.82, 2.24) is 55.6 Å². The zero-order chi connectivity index (χ0) is 71.1. The lowest BCUT2D eigenvalue weighted by molar-refractivity contribution is -0.149. The van der Waals surface area contributed by atoms with Crippen molar-refractivity contribution >= 4 is 76.6 Å². The summed E-state index contributed by atoms with van der Waals surface area (Å²) in [5.74, 6) is -13.4. The van der Waals surface area contributed by atoms with Crippen LogP contribution in [0.25, 0.3) is 0 Å². The van der Waals surface area contributed by atoms with E-state index in [0.717, 1.165) is 24.5 Å². The number of hydrogen-bond acceptors (Lipinski definition) is 11. The van der Waals surface area contributed by atoms with E-state index in [1.165, 1.54) is 73.0 Å². The van der Waals surface area contributed by atoms with Crippen LogP contribution in [0.15, 0.2) is 36.4 Å². The number of alkyl halides is 3. The first-order valence-electron chi connectivity index (χ1n) is 31.2. The summed E-state index contributed by atoms with van der Waals surface area (Å²) in [7, 11) is 9.37. The van der Waals surface area contributed by atoms with E-state index in [4.69, 9.17) is 11.6 Å². The Hall–Kier alpha value is -7.45. The second-order valence-corrected chi connectivity index (χ2v) is 26.8. The highest BCUT2D eigenvalue weighted by molar-refractivity contribution is 6.30. The van der Waals surface area contributed by atoms with Gasteiger partial charge in [0.1, 0.15) is 59.0 Å². The summed E-state index contributed by atoms with van der Waals surface area (Å²) in [5.41, 5.74) is -3.76. The molecule has 1 aliphatic heterocycles. The molecular weight excluding hydrogens is 1240 g/mol. The number of carbonyl (C=O) groups is 11. The Labute approximate surface area is 548 Å². The van der Waals surface area contributed by atoms with E-state index in [0.29, 0.717) is 29.1 Å². The van der Waals surface area contributed by atoms with Crippen molar-refractivity contribution in [3.8, 4) is 0 Å². The molecule has 0 bridgehead atoms. The predicted octanol–water partition coefficient (Wildman–Crippen LogP) is 5.45. The first-order chi connectivity index (χ1) is 42.9. The van der Waals surface area contributed by atoms with Crippen LogP contribution in [0.3, 0.4) is 0 Å². The van der Waals surface area contributed by atoms with Gasteiger partial charge in [0.2, 0.25) is 65.0 Å². The van der Waals surface area contributed by atoms with Crippen LogP contribution in [0.4, 0.5) is 22.0 Å². The molecule has 2 aromatic rings. The van der Waals surface area contributed by atoms with E-state index in [1.54, 1.807) is 58.9 Å². The number of aryl methyl sites for hydroxylation is 1. The van der Waals surface area contributed by atoms with Gasteiger partial charge in [0.05, 0.1) is 19.6 Å². The van der Waals surface area contributed by atoms with Crippen LogP contribution >= 0.6 is 11.6 Å². The van der Waals surface area contributed by atoms with Gasteiger partial charge in [-0.25, -0.2) is 8.78 Å². The number of hydrogen-bond donors (Lipinski definition) is 4. The van der Waals surface area contributed by atoms with Gasteiger partial charge in [-0.3, -0.25) is 52.7 Å². The molecule has 0 aromatic heterocycles. The Morgan fingerprint density at radius 2 is 1.08 bits per heavy atom. The van der Waals surface area contributed by atoms with Crippen LogP contribution in [0.1, 0.15) is 131 Å². The van der Waals surface area contributed by atoms with Gasteiger partial charge in [-0.05, 0) is 112 Å². The minimum absolute atomic E-state index is 0.0751. The molecule has 4 N–H and O–H groups in total. The number of benzene rings is 2. The van der Waals surface area contributed by atoms with Crippen molar-refractivity contribution in [2.24, 2.45) is 23.7 Å². The monoisotopic (exact) mass is 1340 g/mol. The second-order valence-electron chi connectivity index (χ2n) is 26.4. The highest BCUT2D eigenvalue weighted by Crippen LogP contribution is 2.34.